The highest BCUT2D eigenvalue weighted by Gasteiger charge is 2.70. The Kier molecular flexibility index (Phi) is 5.44. The highest BCUT2D eigenvalue weighted by molar-refractivity contribution is 5.78. The summed E-state index contributed by atoms with van der Waals surface area (Å²) in [5, 5.41) is 9.29. The molecule has 2 aliphatic heterocycles. The van der Waals surface area contributed by atoms with Crippen molar-refractivity contribution in [3.63, 3.8) is 0 Å². The minimum Gasteiger partial charge on any atom is -0.457 e. The van der Waals surface area contributed by atoms with Gasteiger partial charge in [-0.2, -0.15) is 0 Å². The van der Waals surface area contributed by atoms with Crippen LogP contribution in [0.5, 0.6) is 0 Å². The standard InChI is InChI=1S/C27H34O6/c1-15(2)27-13-21(31-22(29)14-28)26(4,33-27)20-11-10-16(3)23(20)24(27)32-25(30)19-12-18(19)17-8-6-5-7-9-17/h5-9,15,18-21,24,28H,10-14H2,1-4H3. The molecule has 0 aromatic heterocycles. The minimum atomic E-state index is -0.765. The van der Waals surface area contributed by atoms with Gasteiger partial charge in [-0.05, 0) is 56.1 Å². The van der Waals surface area contributed by atoms with E-state index in [1.165, 1.54) is 11.1 Å². The molecule has 2 saturated heterocycles. The first kappa shape index (κ1) is 22.6. The quantitative estimate of drug-likeness (QED) is 0.518. The van der Waals surface area contributed by atoms with Crippen LogP contribution in [0.4, 0.5) is 0 Å². The second-order valence-electron chi connectivity index (χ2n) is 10.7. The number of rotatable bonds is 6. The molecule has 5 rings (SSSR count). The molecule has 6 nitrogen and oxygen atoms in total. The number of esters is 2. The molecule has 0 radical (unpaired) electrons. The van der Waals surface area contributed by atoms with Gasteiger partial charge in [0, 0.05) is 12.3 Å². The predicted octanol–water partition coefficient (Wildman–Crippen LogP) is 3.92. The third-order valence-corrected chi connectivity index (χ3v) is 8.58. The summed E-state index contributed by atoms with van der Waals surface area (Å²) in [7, 11) is 0. The molecule has 0 amide bonds. The Hall–Kier alpha value is -2.18. The smallest absolute Gasteiger partial charge is 0.332 e. The fraction of sp³-hybridized carbons (Fsp3) is 0.630. The molecule has 2 aliphatic carbocycles. The first-order valence-electron chi connectivity index (χ1n) is 12.2. The Balaban J connectivity index is 1.46. The van der Waals surface area contributed by atoms with Gasteiger partial charge >= 0.3 is 11.9 Å². The Bertz CT molecular complexity index is 984. The van der Waals surface area contributed by atoms with E-state index in [0.717, 1.165) is 24.8 Å². The lowest BCUT2D eigenvalue weighted by Gasteiger charge is -2.50. The van der Waals surface area contributed by atoms with Crippen molar-refractivity contribution in [1.29, 1.82) is 0 Å². The van der Waals surface area contributed by atoms with E-state index in [0.29, 0.717) is 6.42 Å². The summed E-state index contributed by atoms with van der Waals surface area (Å²) in [5.41, 5.74) is 2.13. The molecule has 2 heterocycles. The molecule has 4 aliphatic rings. The van der Waals surface area contributed by atoms with Crippen molar-refractivity contribution >= 4 is 11.9 Å². The van der Waals surface area contributed by atoms with Crippen LogP contribution in [0.25, 0.3) is 0 Å². The number of ether oxygens (including phenoxy) is 3. The molecule has 1 aromatic rings. The van der Waals surface area contributed by atoms with Crippen LogP contribution in [0, 0.1) is 17.8 Å². The second-order valence-corrected chi connectivity index (χ2v) is 10.7. The van der Waals surface area contributed by atoms with Crippen LogP contribution < -0.4 is 0 Å². The van der Waals surface area contributed by atoms with Crippen LogP contribution in [-0.2, 0) is 23.8 Å². The molecule has 0 spiro atoms. The maximum Gasteiger partial charge on any atom is 0.332 e. The summed E-state index contributed by atoms with van der Waals surface area (Å²) in [6.07, 6.45) is 2.07. The number of carbonyl (C=O) groups is 2. The van der Waals surface area contributed by atoms with Gasteiger partial charge in [0.15, 0.2) is 6.10 Å². The number of carbonyl (C=O) groups excluding carboxylic acids is 2. The van der Waals surface area contributed by atoms with Gasteiger partial charge in [0.1, 0.15) is 23.9 Å². The van der Waals surface area contributed by atoms with Crippen molar-refractivity contribution in [3.8, 4) is 0 Å². The molecular weight excluding hydrogens is 420 g/mol. The van der Waals surface area contributed by atoms with Crippen LogP contribution >= 0.6 is 0 Å². The third-order valence-electron chi connectivity index (χ3n) is 8.58. The average Bonchev–Trinajstić information content (AvgIpc) is 3.44. The lowest BCUT2D eigenvalue weighted by molar-refractivity contribution is -0.225. The monoisotopic (exact) mass is 454 g/mol. The van der Waals surface area contributed by atoms with Crippen LogP contribution in [-0.4, -0.2) is 47.1 Å². The number of hydrogen-bond acceptors (Lipinski definition) is 6. The van der Waals surface area contributed by atoms with Crippen LogP contribution in [0.15, 0.2) is 41.5 Å². The van der Waals surface area contributed by atoms with E-state index < -0.39 is 36.0 Å². The van der Waals surface area contributed by atoms with Crippen LogP contribution in [0.1, 0.15) is 64.9 Å². The number of allylic oxidation sites excluding steroid dienone is 1. The molecule has 33 heavy (non-hydrogen) atoms. The number of aliphatic hydroxyl groups is 1. The van der Waals surface area contributed by atoms with Gasteiger partial charge in [0.25, 0.3) is 0 Å². The summed E-state index contributed by atoms with van der Waals surface area (Å²) < 4.78 is 18.9. The zero-order chi connectivity index (χ0) is 23.5. The van der Waals surface area contributed by atoms with E-state index in [1.807, 2.05) is 25.1 Å². The largest absolute Gasteiger partial charge is 0.457 e. The predicted molar refractivity (Wildman–Crippen MR) is 121 cm³/mol. The van der Waals surface area contributed by atoms with Gasteiger partial charge in [0.2, 0.25) is 0 Å². The minimum absolute atomic E-state index is 0.0188. The zero-order valence-electron chi connectivity index (χ0n) is 19.9. The highest BCUT2D eigenvalue weighted by Crippen LogP contribution is 2.62. The average molecular weight is 455 g/mol. The molecule has 7 atom stereocenters. The fourth-order valence-corrected chi connectivity index (χ4v) is 6.59. The lowest BCUT2D eigenvalue weighted by Crippen LogP contribution is -2.59. The molecule has 2 bridgehead atoms. The number of fused-ring (bicyclic) bond motifs is 4. The van der Waals surface area contributed by atoms with Crippen molar-refractivity contribution in [2.75, 3.05) is 6.61 Å². The van der Waals surface area contributed by atoms with Crippen molar-refractivity contribution in [1.82, 2.24) is 0 Å². The number of benzene rings is 1. The molecule has 3 fully saturated rings. The van der Waals surface area contributed by atoms with Gasteiger partial charge < -0.3 is 19.3 Å². The number of aliphatic hydroxyl groups excluding tert-OH is 1. The van der Waals surface area contributed by atoms with Crippen LogP contribution in [0.3, 0.4) is 0 Å². The van der Waals surface area contributed by atoms with Crippen molar-refractivity contribution < 1.29 is 28.9 Å². The maximum absolute atomic E-state index is 13.4. The van der Waals surface area contributed by atoms with Gasteiger partial charge in [-0.1, -0.05) is 49.8 Å². The summed E-state index contributed by atoms with van der Waals surface area (Å²) in [6.45, 7) is 7.63. The molecule has 1 saturated carbocycles. The van der Waals surface area contributed by atoms with E-state index >= 15 is 0 Å². The molecular formula is C27H34O6. The summed E-state index contributed by atoms with van der Waals surface area (Å²) >= 11 is 0. The Morgan fingerprint density at radius 1 is 1.21 bits per heavy atom. The van der Waals surface area contributed by atoms with Gasteiger partial charge in [0.05, 0.1) is 5.92 Å². The SMILES string of the molecule is CC1=C2C(CC1)C1(C)OC(C(C)C)(CC1OC(=O)CO)C2OC(=O)C1CC1c1ccccc1. The van der Waals surface area contributed by atoms with Gasteiger partial charge in [-0.15, -0.1) is 0 Å². The number of hydrogen-bond donors (Lipinski definition) is 1. The molecule has 7 unspecified atom stereocenters. The normalized spacial score (nSPS) is 38.9. The van der Waals surface area contributed by atoms with Crippen molar-refractivity contribution in [2.24, 2.45) is 17.8 Å². The van der Waals surface area contributed by atoms with E-state index in [9.17, 15) is 14.7 Å². The van der Waals surface area contributed by atoms with Gasteiger partial charge in [-0.25, -0.2) is 4.79 Å². The summed E-state index contributed by atoms with van der Waals surface area (Å²) in [6, 6.07) is 10.1. The van der Waals surface area contributed by atoms with Crippen molar-refractivity contribution in [2.45, 2.75) is 82.7 Å². The van der Waals surface area contributed by atoms with Crippen LogP contribution in [0.2, 0.25) is 0 Å². The first-order valence-corrected chi connectivity index (χ1v) is 12.2. The molecule has 6 heteroatoms. The molecule has 1 aromatic carbocycles. The third kappa shape index (κ3) is 3.45. The Morgan fingerprint density at radius 2 is 1.94 bits per heavy atom. The van der Waals surface area contributed by atoms with E-state index in [1.54, 1.807) is 0 Å². The second kappa shape index (κ2) is 7.95. The van der Waals surface area contributed by atoms with E-state index in [4.69, 9.17) is 14.2 Å². The molecule has 1 N–H and O–H groups in total. The zero-order valence-corrected chi connectivity index (χ0v) is 19.9. The van der Waals surface area contributed by atoms with E-state index in [2.05, 4.69) is 32.9 Å². The summed E-state index contributed by atoms with van der Waals surface area (Å²) in [4.78, 5) is 25.4. The first-order chi connectivity index (χ1) is 15.7. The fourth-order valence-electron chi connectivity index (χ4n) is 6.59. The van der Waals surface area contributed by atoms with Gasteiger partial charge in [-0.3, -0.25) is 4.79 Å². The van der Waals surface area contributed by atoms with E-state index in [-0.39, 0.29) is 29.6 Å². The highest BCUT2D eigenvalue weighted by atomic mass is 16.6. The van der Waals surface area contributed by atoms with Crippen molar-refractivity contribution in [3.05, 3.63) is 47.0 Å². The Labute approximate surface area is 195 Å². The lowest BCUT2D eigenvalue weighted by atomic mass is 9.74. The Morgan fingerprint density at radius 3 is 2.61 bits per heavy atom. The topological polar surface area (TPSA) is 82.1 Å². The maximum atomic E-state index is 13.4. The summed E-state index contributed by atoms with van der Waals surface area (Å²) in [5.74, 6) is -0.671. The molecule has 178 valence electrons.